The SMILES string of the molecule is CCCCCCCCCN(CCCl)C1CCC1. The zero-order chi connectivity index (χ0) is 12.3. The Bertz CT molecular complexity index is 168. The molecule has 0 radical (unpaired) electrons. The van der Waals surface area contributed by atoms with E-state index in [4.69, 9.17) is 11.6 Å². The molecule has 0 spiro atoms. The number of hydrogen-bond acceptors (Lipinski definition) is 1. The molecule has 102 valence electrons. The summed E-state index contributed by atoms with van der Waals surface area (Å²) < 4.78 is 0. The van der Waals surface area contributed by atoms with E-state index in [-0.39, 0.29) is 0 Å². The molecule has 17 heavy (non-hydrogen) atoms. The molecule has 0 saturated heterocycles. The number of nitrogens with zero attached hydrogens (tertiary/aromatic N) is 1. The molecule has 1 aliphatic carbocycles. The predicted molar refractivity (Wildman–Crippen MR) is 77.9 cm³/mol. The Morgan fingerprint density at radius 1 is 0.941 bits per heavy atom. The topological polar surface area (TPSA) is 3.24 Å². The minimum absolute atomic E-state index is 0.799. The molecule has 0 heterocycles. The summed E-state index contributed by atoms with van der Waals surface area (Å²) in [4.78, 5) is 2.63. The fraction of sp³-hybridized carbons (Fsp3) is 1.00. The maximum absolute atomic E-state index is 5.88. The molecule has 0 bridgehead atoms. The molecule has 0 amide bonds. The predicted octanol–water partition coefficient (Wildman–Crippen LogP) is 4.83. The monoisotopic (exact) mass is 259 g/mol. The molecular formula is C15H30ClN. The van der Waals surface area contributed by atoms with Crippen molar-refractivity contribution in [2.75, 3.05) is 19.0 Å². The molecule has 1 fully saturated rings. The van der Waals surface area contributed by atoms with Gasteiger partial charge in [-0.1, -0.05) is 51.9 Å². The fourth-order valence-corrected chi connectivity index (χ4v) is 2.83. The summed E-state index contributed by atoms with van der Waals surface area (Å²) >= 11 is 5.88. The summed E-state index contributed by atoms with van der Waals surface area (Å²) in [5, 5.41) is 0. The van der Waals surface area contributed by atoms with Crippen LogP contribution in [0.2, 0.25) is 0 Å². The van der Waals surface area contributed by atoms with Gasteiger partial charge in [0.25, 0.3) is 0 Å². The van der Waals surface area contributed by atoms with Crippen molar-refractivity contribution in [3.8, 4) is 0 Å². The van der Waals surface area contributed by atoms with Crippen LogP contribution in [0.1, 0.15) is 71.1 Å². The van der Waals surface area contributed by atoms with Crippen molar-refractivity contribution in [3.05, 3.63) is 0 Å². The van der Waals surface area contributed by atoms with Gasteiger partial charge in [0.05, 0.1) is 0 Å². The number of alkyl halides is 1. The minimum atomic E-state index is 0.799. The average molecular weight is 260 g/mol. The van der Waals surface area contributed by atoms with E-state index in [1.165, 1.54) is 70.8 Å². The lowest BCUT2D eigenvalue weighted by Crippen LogP contribution is -2.41. The first-order valence-electron chi connectivity index (χ1n) is 7.68. The van der Waals surface area contributed by atoms with Crippen molar-refractivity contribution < 1.29 is 0 Å². The van der Waals surface area contributed by atoms with E-state index in [2.05, 4.69) is 11.8 Å². The second-order valence-electron chi connectivity index (χ2n) is 5.43. The summed E-state index contributed by atoms with van der Waals surface area (Å²) in [6.45, 7) is 4.66. The van der Waals surface area contributed by atoms with Gasteiger partial charge in [0.2, 0.25) is 0 Å². The molecule has 0 N–H and O–H groups in total. The zero-order valence-corrected chi connectivity index (χ0v) is 12.4. The molecule has 0 aromatic carbocycles. The van der Waals surface area contributed by atoms with Gasteiger partial charge in [-0.15, -0.1) is 11.6 Å². The lowest BCUT2D eigenvalue weighted by molar-refractivity contribution is 0.132. The third kappa shape index (κ3) is 6.67. The average Bonchev–Trinajstić information content (AvgIpc) is 2.25. The highest BCUT2D eigenvalue weighted by Gasteiger charge is 2.23. The summed E-state index contributed by atoms with van der Waals surface area (Å²) in [6.07, 6.45) is 14.1. The Balaban J connectivity index is 1.94. The van der Waals surface area contributed by atoms with Crippen LogP contribution in [0.5, 0.6) is 0 Å². The lowest BCUT2D eigenvalue weighted by Gasteiger charge is -2.37. The quantitative estimate of drug-likeness (QED) is 0.379. The Morgan fingerprint density at radius 3 is 2.12 bits per heavy atom. The highest BCUT2D eigenvalue weighted by atomic mass is 35.5. The van der Waals surface area contributed by atoms with E-state index in [1.807, 2.05) is 0 Å². The Kier molecular flexibility index (Phi) is 9.18. The summed E-state index contributed by atoms with van der Waals surface area (Å²) in [5.74, 6) is 0.799. The molecule has 0 atom stereocenters. The van der Waals surface area contributed by atoms with E-state index in [9.17, 15) is 0 Å². The van der Waals surface area contributed by atoms with Crippen LogP contribution in [0.4, 0.5) is 0 Å². The molecule has 1 saturated carbocycles. The van der Waals surface area contributed by atoms with Crippen LogP contribution in [0.15, 0.2) is 0 Å². The third-order valence-electron chi connectivity index (χ3n) is 4.01. The van der Waals surface area contributed by atoms with E-state index in [0.717, 1.165) is 18.5 Å². The molecular weight excluding hydrogens is 230 g/mol. The lowest BCUT2D eigenvalue weighted by atomic mass is 9.91. The van der Waals surface area contributed by atoms with Crippen molar-refractivity contribution in [3.63, 3.8) is 0 Å². The van der Waals surface area contributed by atoms with Crippen LogP contribution < -0.4 is 0 Å². The van der Waals surface area contributed by atoms with Gasteiger partial charge < -0.3 is 0 Å². The molecule has 1 aliphatic rings. The van der Waals surface area contributed by atoms with Crippen molar-refractivity contribution in [1.82, 2.24) is 4.90 Å². The first-order valence-corrected chi connectivity index (χ1v) is 8.22. The third-order valence-corrected chi connectivity index (χ3v) is 4.18. The van der Waals surface area contributed by atoms with Gasteiger partial charge in [0.15, 0.2) is 0 Å². The molecule has 2 heteroatoms. The molecule has 0 aromatic heterocycles. The maximum atomic E-state index is 5.88. The summed E-state index contributed by atoms with van der Waals surface area (Å²) in [6, 6.07) is 0.869. The van der Waals surface area contributed by atoms with Gasteiger partial charge in [-0.2, -0.15) is 0 Å². The van der Waals surface area contributed by atoms with Gasteiger partial charge in [0.1, 0.15) is 0 Å². The summed E-state index contributed by atoms with van der Waals surface area (Å²) in [5.41, 5.74) is 0. The zero-order valence-electron chi connectivity index (χ0n) is 11.6. The van der Waals surface area contributed by atoms with Crippen LogP contribution in [-0.4, -0.2) is 29.9 Å². The van der Waals surface area contributed by atoms with E-state index >= 15 is 0 Å². The largest absolute Gasteiger partial charge is 0.299 e. The standard InChI is InChI=1S/C15H30ClN/c1-2-3-4-5-6-7-8-13-17(14-12-16)15-10-9-11-15/h15H,2-14H2,1H3. The second-order valence-corrected chi connectivity index (χ2v) is 5.81. The van der Waals surface area contributed by atoms with Gasteiger partial charge in [-0.3, -0.25) is 4.90 Å². The Labute approximate surface area is 113 Å². The molecule has 0 aromatic rings. The molecule has 1 nitrogen and oxygen atoms in total. The van der Waals surface area contributed by atoms with Gasteiger partial charge >= 0.3 is 0 Å². The van der Waals surface area contributed by atoms with E-state index in [1.54, 1.807) is 0 Å². The second kappa shape index (κ2) is 10.2. The first kappa shape index (κ1) is 15.3. The summed E-state index contributed by atoms with van der Waals surface area (Å²) in [7, 11) is 0. The van der Waals surface area contributed by atoms with Crippen molar-refractivity contribution in [2.45, 2.75) is 77.2 Å². The number of unbranched alkanes of at least 4 members (excludes halogenated alkanes) is 6. The van der Waals surface area contributed by atoms with Crippen molar-refractivity contribution in [2.24, 2.45) is 0 Å². The first-order chi connectivity index (χ1) is 8.38. The fourth-order valence-electron chi connectivity index (χ4n) is 2.61. The van der Waals surface area contributed by atoms with Crippen LogP contribution in [-0.2, 0) is 0 Å². The smallest absolute Gasteiger partial charge is 0.0351 e. The van der Waals surface area contributed by atoms with Crippen LogP contribution >= 0.6 is 11.6 Å². The van der Waals surface area contributed by atoms with Crippen LogP contribution in [0, 0.1) is 0 Å². The highest BCUT2D eigenvalue weighted by Crippen LogP contribution is 2.25. The van der Waals surface area contributed by atoms with Crippen molar-refractivity contribution in [1.29, 1.82) is 0 Å². The number of rotatable bonds is 11. The van der Waals surface area contributed by atoms with E-state index < -0.39 is 0 Å². The molecule has 0 aliphatic heterocycles. The molecule has 0 unspecified atom stereocenters. The highest BCUT2D eigenvalue weighted by molar-refractivity contribution is 6.18. The minimum Gasteiger partial charge on any atom is -0.299 e. The Hall–Kier alpha value is 0.250. The van der Waals surface area contributed by atoms with Gasteiger partial charge in [-0.25, -0.2) is 0 Å². The van der Waals surface area contributed by atoms with Crippen molar-refractivity contribution >= 4 is 11.6 Å². The van der Waals surface area contributed by atoms with Crippen LogP contribution in [0.25, 0.3) is 0 Å². The number of halogens is 1. The normalized spacial score (nSPS) is 16.4. The molecule has 1 rings (SSSR count). The van der Waals surface area contributed by atoms with Gasteiger partial charge in [-0.05, 0) is 25.8 Å². The maximum Gasteiger partial charge on any atom is 0.0351 e. The van der Waals surface area contributed by atoms with E-state index in [0.29, 0.717) is 0 Å². The Morgan fingerprint density at radius 2 is 1.59 bits per heavy atom. The van der Waals surface area contributed by atoms with Gasteiger partial charge in [0, 0.05) is 18.5 Å². The number of hydrogen-bond donors (Lipinski definition) is 0. The van der Waals surface area contributed by atoms with Crippen LogP contribution in [0.3, 0.4) is 0 Å².